The van der Waals surface area contributed by atoms with Crippen LogP contribution < -0.4 is 10.6 Å². The van der Waals surface area contributed by atoms with E-state index in [1.165, 1.54) is 13.2 Å². The largest absolute Gasteiger partial charge is 0.467 e. The third-order valence-corrected chi connectivity index (χ3v) is 4.82. The Morgan fingerprint density at radius 2 is 2.00 bits per heavy atom. The van der Waals surface area contributed by atoms with E-state index in [1.807, 2.05) is 0 Å². The van der Waals surface area contributed by atoms with Crippen LogP contribution in [0, 0.1) is 12.3 Å². The molecule has 0 fully saturated rings. The van der Waals surface area contributed by atoms with Crippen molar-refractivity contribution in [3.63, 3.8) is 0 Å². The molecule has 0 spiro atoms. The lowest BCUT2D eigenvalue weighted by Gasteiger charge is -2.16. The zero-order valence-electron chi connectivity index (χ0n) is 16.0. The molecule has 0 aliphatic carbocycles. The van der Waals surface area contributed by atoms with Crippen LogP contribution >= 0.6 is 11.3 Å². The van der Waals surface area contributed by atoms with Gasteiger partial charge in [0.2, 0.25) is 5.91 Å². The van der Waals surface area contributed by atoms with Crippen molar-refractivity contribution in [2.75, 3.05) is 5.32 Å². The number of anilines is 1. The number of esters is 1. The number of furan rings is 1. The SMILES string of the molecule is Cc1cc(NC(=O)C(C)(C)C)sc1C(=O)OC(C)C(=O)NCc1ccco1. The highest BCUT2D eigenvalue weighted by molar-refractivity contribution is 7.18. The standard InChI is InChI=1S/C19H24N2O5S/c1-11-9-14(21-18(24)19(3,4)5)27-15(11)17(23)26-12(2)16(22)20-10-13-7-6-8-25-13/h6-9,12H,10H2,1-5H3,(H,20,22)(H,21,24). The number of hydrogen-bond acceptors (Lipinski definition) is 6. The topological polar surface area (TPSA) is 97.6 Å². The van der Waals surface area contributed by atoms with E-state index in [0.29, 0.717) is 21.2 Å². The second kappa shape index (κ2) is 8.39. The molecule has 2 aromatic heterocycles. The van der Waals surface area contributed by atoms with Crippen molar-refractivity contribution in [2.45, 2.75) is 47.3 Å². The molecule has 7 nitrogen and oxygen atoms in total. The number of thiophene rings is 1. The minimum absolute atomic E-state index is 0.144. The van der Waals surface area contributed by atoms with Crippen LogP contribution in [-0.4, -0.2) is 23.9 Å². The first-order chi connectivity index (χ1) is 12.6. The van der Waals surface area contributed by atoms with Gasteiger partial charge in [-0.2, -0.15) is 0 Å². The Bertz CT molecular complexity index is 818. The molecule has 2 N–H and O–H groups in total. The number of carbonyl (C=O) groups excluding carboxylic acids is 3. The second-order valence-electron chi connectivity index (χ2n) is 7.17. The Morgan fingerprint density at radius 1 is 1.30 bits per heavy atom. The summed E-state index contributed by atoms with van der Waals surface area (Å²) in [5.74, 6) is -0.561. The van der Waals surface area contributed by atoms with Crippen LogP contribution in [0.25, 0.3) is 0 Å². The summed E-state index contributed by atoms with van der Waals surface area (Å²) in [4.78, 5) is 36.9. The molecular formula is C19H24N2O5S. The van der Waals surface area contributed by atoms with Crippen molar-refractivity contribution < 1.29 is 23.5 Å². The molecule has 2 amide bonds. The Balaban J connectivity index is 1.94. The fraction of sp³-hybridized carbons (Fsp3) is 0.421. The third kappa shape index (κ3) is 5.68. The predicted octanol–water partition coefficient (Wildman–Crippen LogP) is 3.50. The van der Waals surface area contributed by atoms with Gasteiger partial charge in [-0.1, -0.05) is 20.8 Å². The summed E-state index contributed by atoms with van der Waals surface area (Å²) in [5, 5.41) is 6.00. The van der Waals surface area contributed by atoms with Crippen molar-refractivity contribution in [3.8, 4) is 0 Å². The van der Waals surface area contributed by atoms with Gasteiger partial charge in [-0.15, -0.1) is 11.3 Å². The summed E-state index contributed by atoms with van der Waals surface area (Å²) >= 11 is 1.12. The van der Waals surface area contributed by atoms with Gasteiger partial charge in [0.1, 0.15) is 10.6 Å². The summed E-state index contributed by atoms with van der Waals surface area (Å²) in [5.41, 5.74) is 0.136. The number of carbonyl (C=O) groups is 3. The van der Waals surface area contributed by atoms with Gasteiger partial charge in [0, 0.05) is 5.41 Å². The summed E-state index contributed by atoms with van der Waals surface area (Å²) in [6.45, 7) is 8.89. The highest BCUT2D eigenvalue weighted by atomic mass is 32.1. The molecule has 0 saturated carbocycles. The number of nitrogens with one attached hydrogen (secondary N) is 2. The number of ether oxygens (including phenoxy) is 1. The molecular weight excluding hydrogens is 368 g/mol. The Hall–Kier alpha value is -2.61. The molecule has 0 aliphatic rings. The van der Waals surface area contributed by atoms with Gasteiger partial charge in [0.15, 0.2) is 6.10 Å². The molecule has 1 atom stereocenters. The van der Waals surface area contributed by atoms with Gasteiger partial charge in [-0.3, -0.25) is 9.59 Å². The van der Waals surface area contributed by atoms with E-state index < -0.39 is 23.4 Å². The monoisotopic (exact) mass is 392 g/mol. The summed E-state index contributed by atoms with van der Waals surface area (Å²) < 4.78 is 10.4. The summed E-state index contributed by atoms with van der Waals surface area (Å²) in [6, 6.07) is 5.17. The van der Waals surface area contributed by atoms with E-state index in [-0.39, 0.29) is 12.5 Å². The lowest BCUT2D eigenvalue weighted by Crippen LogP contribution is -2.35. The van der Waals surface area contributed by atoms with Gasteiger partial charge < -0.3 is 19.8 Å². The first-order valence-electron chi connectivity index (χ1n) is 8.51. The lowest BCUT2D eigenvalue weighted by atomic mass is 9.96. The van der Waals surface area contributed by atoms with Gasteiger partial charge in [-0.25, -0.2) is 4.79 Å². The lowest BCUT2D eigenvalue weighted by molar-refractivity contribution is -0.129. The van der Waals surface area contributed by atoms with Crippen molar-refractivity contribution in [1.29, 1.82) is 0 Å². The fourth-order valence-corrected chi connectivity index (χ4v) is 3.00. The van der Waals surface area contributed by atoms with E-state index in [2.05, 4.69) is 10.6 Å². The molecule has 0 bridgehead atoms. The van der Waals surface area contributed by atoms with Crippen molar-refractivity contribution >= 4 is 34.1 Å². The molecule has 1 unspecified atom stereocenters. The first kappa shape index (κ1) is 20.7. The molecule has 27 heavy (non-hydrogen) atoms. The molecule has 0 saturated heterocycles. The van der Waals surface area contributed by atoms with Crippen LogP contribution in [-0.2, 0) is 20.9 Å². The normalized spacial score (nSPS) is 12.3. The summed E-state index contributed by atoms with van der Waals surface area (Å²) in [6.07, 6.45) is 0.558. The van der Waals surface area contributed by atoms with Crippen LogP contribution in [0.3, 0.4) is 0 Å². The van der Waals surface area contributed by atoms with Crippen LogP contribution in [0.4, 0.5) is 5.00 Å². The minimum atomic E-state index is -0.957. The predicted molar refractivity (Wildman–Crippen MR) is 103 cm³/mol. The van der Waals surface area contributed by atoms with E-state index in [0.717, 1.165) is 11.3 Å². The van der Waals surface area contributed by atoms with Crippen molar-refractivity contribution in [3.05, 3.63) is 40.7 Å². The fourth-order valence-electron chi connectivity index (χ4n) is 2.04. The van der Waals surface area contributed by atoms with Crippen molar-refractivity contribution in [1.82, 2.24) is 5.32 Å². The van der Waals surface area contributed by atoms with Crippen LogP contribution in [0.1, 0.15) is 48.7 Å². The van der Waals surface area contributed by atoms with Gasteiger partial charge in [-0.05, 0) is 37.6 Å². The highest BCUT2D eigenvalue weighted by Gasteiger charge is 2.25. The molecule has 0 radical (unpaired) electrons. The van der Waals surface area contributed by atoms with Crippen LogP contribution in [0.2, 0.25) is 0 Å². The van der Waals surface area contributed by atoms with E-state index in [9.17, 15) is 14.4 Å². The van der Waals surface area contributed by atoms with Crippen molar-refractivity contribution in [2.24, 2.45) is 5.41 Å². The second-order valence-corrected chi connectivity index (χ2v) is 8.22. The zero-order valence-corrected chi connectivity index (χ0v) is 16.9. The molecule has 8 heteroatoms. The number of amides is 2. The molecule has 2 aromatic rings. The van der Waals surface area contributed by atoms with Gasteiger partial charge in [0.25, 0.3) is 5.91 Å². The van der Waals surface area contributed by atoms with Crippen LogP contribution in [0.5, 0.6) is 0 Å². The maximum absolute atomic E-state index is 12.4. The number of aryl methyl sites for hydroxylation is 1. The molecule has 2 rings (SSSR count). The van der Waals surface area contributed by atoms with Crippen LogP contribution in [0.15, 0.2) is 28.9 Å². The maximum atomic E-state index is 12.4. The van der Waals surface area contributed by atoms with E-state index >= 15 is 0 Å². The average Bonchev–Trinajstić information content (AvgIpc) is 3.21. The maximum Gasteiger partial charge on any atom is 0.349 e. The van der Waals surface area contributed by atoms with E-state index in [1.54, 1.807) is 45.9 Å². The number of rotatable bonds is 6. The Morgan fingerprint density at radius 3 is 2.59 bits per heavy atom. The minimum Gasteiger partial charge on any atom is -0.467 e. The quantitative estimate of drug-likeness (QED) is 0.733. The van der Waals surface area contributed by atoms with E-state index in [4.69, 9.17) is 9.15 Å². The number of hydrogen-bond donors (Lipinski definition) is 2. The first-order valence-corrected chi connectivity index (χ1v) is 9.32. The molecule has 0 aromatic carbocycles. The molecule has 2 heterocycles. The molecule has 146 valence electrons. The van der Waals surface area contributed by atoms with Gasteiger partial charge >= 0.3 is 5.97 Å². The Labute approximate surface area is 162 Å². The summed E-state index contributed by atoms with van der Waals surface area (Å²) in [7, 11) is 0. The Kier molecular flexibility index (Phi) is 6.43. The zero-order chi connectivity index (χ0) is 20.2. The smallest absolute Gasteiger partial charge is 0.349 e. The van der Waals surface area contributed by atoms with Gasteiger partial charge in [0.05, 0.1) is 17.8 Å². The molecule has 0 aliphatic heterocycles. The highest BCUT2D eigenvalue weighted by Crippen LogP contribution is 2.29. The third-order valence-electron chi connectivity index (χ3n) is 3.69. The average molecular weight is 392 g/mol.